The van der Waals surface area contributed by atoms with Crippen LogP contribution >= 0.6 is 0 Å². The van der Waals surface area contributed by atoms with Crippen LogP contribution < -0.4 is 0 Å². The van der Waals surface area contributed by atoms with Crippen molar-refractivity contribution in [3.8, 4) is 0 Å². The Labute approximate surface area is 197 Å². The van der Waals surface area contributed by atoms with Crippen LogP contribution in [-0.4, -0.2) is 11.6 Å². The van der Waals surface area contributed by atoms with Gasteiger partial charge < -0.3 is 0 Å². The van der Waals surface area contributed by atoms with Crippen molar-refractivity contribution in [1.82, 2.24) is 0 Å². The lowest BCUT2D eigenvalue weighted by molar-refractivity contribution is -0.121. The van der Waals surface area contributed by atoms with Gasteiger partial charge in [0, 0.05) is 18.3 Å². The van der Waals surface area contributed by atoms with Crippen LogP contribution in [0.3, 0.4) is 0 Å². The van der Waals surface area contributed by atoms with Gasteiger partial charge in [-0.25, -0.2) is 0 Å². The zero-order valence-corrected chi connectivity index (χ0v) is 19.4. The lowest BCUT2D eigenvalue weighted by Crippen LogP contribution is -2.26. The molecule has 0 heterocycles. The summed E-state index contributed by atoms with van der Waals surface area (Å²) in [5.74, 6) is 2.13. The van der Waals surface area contributed by atoms with Crippen LogP contribution in [0.4, 0.5) is 0 Å². The highest BCUT2D eigenvalue weighted by Crippen LogP contribution is 2.45. The topological polar surface area (TPSA) is 34.1 Å². The molecule has 2 fully saturated rings. The van der Waals surface area contributed by atoms with E-state index < -0.39 is 0 Å². The fourth-order valence-electron chi connectivity index (χ4n) is 6.22. The number of carbonyl (C=O) groups is 2. The first-order valence-corrected chi connectivity index (χ1v) is 12.7. The van der Waals surface area contributed by atoms with Crippen molar-refractivity contribution in [2.75, 3.05) is 0 Å². The molecule has 2 aromatic rings. The van der Waals surface area contributed by atoms with Crippen LogP contribution in [0.1, 0.15) is 74.0 Å². The highest BCUT2D eigenvalue weighted by molar-refractivity contribution is 5.97. The van der Waals surface area contributed by atoms with Crippen LogP contribution in [0.5, 0.6) is 0 Å². The number of hydrogen-bond acceptors (Lipinski definition) is 2. The Morgan fingerprint density at radius 1 is 0.848 bits per heavy atom. The van der Waals surface area contributed by atoms with E-state index in [4.69, 9.17) is 0 Å². The zero-order chi connectivity index (χ0) is 22.6. The van der Waals surface area contributed by atoms with E-state index in [1.165, 1.54) is 16.7 Å². The Bertz CT molecular complexity index is 1040. The molecule has 170 valence electrons. The minimum Gasteiger partial charge on any atom is -0.299 e. The average molecular weight is 439 g/mol. The second kappa shape index (κ2) is 10.0. The summed E-state index contributed by atoms with van der Waals surface area (Å²) < 4.78 is 0. The van der Waals surface area contributed by atoms with E-state index in [1.807, 2.05) is 18.2 Å². The third-order valence-electron chi connectivity index (χ3n) is 8.16. The summed E-state index contributed by atoms with van der Waals surface area (Å²) in [6.45, 7) is 0. The summed E-state index contributed by atoms with van der Waals surface area (Å²) in [4.78, 5) is 25.8. The normalized spacial score (nSPS) is 27.4. The number of carbonyl (C=O) groups excluding carboxylic acids is 2. The predicted molar refractivity (Wildman–Crippen MR) is 133 cm³/mol. The van der Waals surface area contributed by atoms with Gasteiger partial charge in [-0.3, -0.25) is 9.59 Å². The number of benzene rings is 2. The lowest BCUT2D eigenvalue weighted by atomic mass is 9.72. The molecule has 2 unspecified atom stereocenters. The van der Waals surface area contributed by atoms with E-state index in [1.54, 1.807) is 0 Å². The van der Waals surface area contributed by atoms with E-state index in [-0.39, 0.29) is 11.8 Å². The van der Waals surface area contributed by atoms with Gasteiger partial charge in [0.25, 0.3) is 0 Å². The standard InChI is InChI=1S/C31H34O2/c32-30-21-28(24-15-17-27(18-16-24)31(33)26-9-5-2-6-10-26)20-29(30)25-13-11-23(12-14-25)19-22-7-3-1-4-8-22/h1-5,7-9,11-14,24,27-29H,6,10,15-21H2. The lowest BCUT2D eigenvalue weighted by Gasteiger charge is -2.32. The van der Waals surface area contributed by atoms with Gasteiger partial charge in [0.05, 0.1) is 0 Å². The molecule has 5 rings (SSSR count). The minimum atomic E-state index is 0.0549. The Hall–Kier alpha value is -2.74. The molecule has 2 saturated carbocycles. The van der Waals surface area contributed by atoms with Gasteiger partial charge in [-0.2, -0.15) is 0 Å². The van der Waals surface area contributed by atoms with E-state index in [9.17, 15) is 9.59 Å². The molecule has 2 heteroatoms. The highest BCUT2D eigenvalue weighted by atomic mass is 16.1. The van der Waals surface area contributed by atoms with Crippen LogP contribution in [0.15, 0.2) is 78.4 Å². The van der Waals surface area contributed by atoms with Gasteiger partial charge in [-0.05, 0) is 85.5 Å². The largest absolute Gasteiger partial charge is 0.299 e. The van der Waals surface area contributed by atoms with Crippen molar-refractivity contribution in [2.24, 2.45) is 17.8 Å². The fraction of sp³-hybridized carbons (Fsp3) is 0.419. The number of ketones is 2. The zero-order valence-electron chi connectivity index (χ0n) is 19.4. The smallest absolute Gasteiger partial charge is 0.161 e. The highest BCUT2D eigenvalue weighted by Gasteiger charge is 2.39. The molecule has 33 heavy (non-hydrogen) atoms. The summed E-state index contributed by atoms with van der Waals surface area (Å²) in [6, 6.07) is 19.2. The molecular weight excluding hydrogens is 404 g/mol. The Kier molecular flexibility index (Phi) is 6.71. The van der Waals surface area contributed by atoms with Gasteiger partial charge in [-0.1, -0.05) is 72.8 Å². The number of hydrogen-bond donors (Lipinski definition) is 0. The van der Waals surface area contributed by atoms with Gasteiger partial charge in [0.15, 0.2) is 5.78 Å². The van der Waals surface area contributed by atoms with Crippen molar-refractivity contribution >= 4 is 11.6 Å². The summed E-state index contributed by atoms with van der Waals surface area (Å²) in [7, 11) is 0. The number of allylic oxidation sites excluding steroid dienone is 4. The average Bonchev–Trinajstić information content (AvgIpc) is 3.27. The van der Waals surface area contributed by atoms with Gasteiger partial charge in [0.2, 0.25) is 0 Å². The number of rotatable bonds is 6. The van der Waals surface area contributed by atoms with Crippen molar-refractivity contribution in [3.05, 3.63) is 95.1 Å². The molecule has 0 saturated heterocycles. The molecule has 2 nitrogen and oxygen atoms in total. The second-order valence-corrected chi connectivity index (χ2v) is 10.3. The van der Waals surface area contributed by atoms with E-state index in [0.717, 1.165) is 63.4 Å². The van der Waals surface area contributed by atoms with Crippen LogP contribution in [0.2, 0.25) is 0 Å². The molecule has 0 N–H and O–H groups in total. The molecule has 3 aliphatic carbocycles. The van der Waals surface area contributed by atoms with E-state index in [2.05, 4.69) is 54.6 Å². The maximum atomic E-state index is 12.9. The Morgan fingerprint density at radius 2 is 1.58 bits per heavy atom. The van der Waals surface area contributed by atoms with Crippen LogP contribution in [-0.2, 0) is 16.0 Å². The molecule has 0 amide bonds. The van der Waals surface area contributed by atoms with E-state index >= 15 is 0 Å². The fourth-order valence-corrected chi connectivity index (χ4v) is 6.22. The Morgan fingerprint density at radius 3 is 2.27 bits per heavy atom. The third kappa shape index (κ3) is 5.11. The molecule has 0 aromatic heterocycles. The summed E-state index contributed by atoms with van der Waals surface area (Å²) in [5.41, 5.74) is 4.80. The Balaban J connectivity index is 1.16. The molecular formula is C31H34O2. The molecule has 3 aliphatic rings. The molecule has 0 radical (unpaired) electrons. The second-order valence-electron chi connectivity index (χ2n) is 10.3. The molecule has 2 aromatic carbocycles. The number of Topliss-reactive ketones (excluding diaryl/α,β-unsaturated/α-hetero) is 2. The first-order valence-electron chi connectivity index (χ1n) is 12.7. The SMILES string of the molecule is O=C(C1=CC=CCC1)C1CCC(C2CC(=O)C(c3ccc(Cc4ccccc4)cc3)C2)CC1. The first kappa shape index (κ1) is 22.1. The molecule has 2 atom stereocenters. The van der Waals surface area contributed by atoms with Gasteiger partial charge in [0.1, 0.15) is 5.78 Å². The van der Waals surface area contributed by atoms with Crippen molar-refractivity contribution in [1.29, 1.82) is 0 Å². The first-order chi connectivity index (χ1) is 16.2. The maximum Gasteiger partial charge on any atom is 0.161 e. The monoisotopic (exact) mass is 438 g/mol. The van der Waals surface area contributed by atoms with Gasteiger partial charge in [-0.15, -0.1) is 0 Å². The minimum absolute atomic E-state index is 0.0549. The predicted octanol–water partition coefficient (Wildman–Crippen LogP) is 6.99. The summed E-state index contributed by atoms with van der Waals surface area (Å²) >= 11 is 0. The van der Waals surface area contributed by atoms with Crippen molar-refractivity contribution < 1.29 is 9.59 Å². The van der Waals surface area contributed by atoms with Crippen molar-refractivity contribution in [2.45, 2.75) is 63.7 Å². The van der Waals surface area contributed by atoms with Crippen LogP contribution in [0, 0.1) is 17.8 Å². The molecule has 0 aliphatic heterocycles. The third-order valence-corrected chi connectivity index (χ3v) is 8.16. The summed E-state index contributed by atoms with van der Waals surface area (Å²) in [5, 5.41) is 0. The van der Waals surface area contributed by atoms with E-state index in [0.29, 0.717) is 23.4 Å². The van der Waals surface area contributed by atoms with Gasteiger partial charge >= 0.3 is 0 Å². The quantitative estimate of drug-likeness (QED) is 0.487. The molecule has 0 bridgehead atoms. The van der Waals surface area contributed by atoms with Crippen LogP contribution in [0.25, 0.3) is 0 Å². The van der Waals surface area contributed by atoms with Crippen molar-refractivity contribution in [3.63, 3.8) is 0 Å². The maximum absolute atomic E-state index is 12.9. The summed E-state index contributed by atoms with van der Waals surface area (Å²) in [6.07, 6.45) is 14.9. The molecule has 0 spiro atoms.